The molecular weight excluding hydrogens is 200 g/mol. The maximum atomic E-state index is 5.72. The third-order valence-corrected chi connectivity index (χ3v) is 2.80. The van der Waals surface area contributed by atoms with Gasteiger partial charge in [-0.05, 0) is 29.7 Å². The Morgan fingerprint density at radius 1 is 1.43 bits per heavy atom. The van der Waals surface area contributed by atoms with E-state index < -0.39 is 0 Å². The second-order valence-electron chi connectivity index (χ2n) is 3.36. The molecule has 0 fully saturated rings. The minimum Gasteiger partial charge on any atom is -0.448 e. The lowest BCUT2D eigenvalue weighted by Gasteiger charge is -2.22. The fraction of sp³-hybridized carbons (Fsp3) is 0.600. The number of halogens is 1. The van der Waals surface area contributed by atoms with Crippen LogP contribution >= 0.6 is 11.6 Å². The third kappa shape index (κ3) is 2.50. The van der Waals surface area contributed by atoms with E-state index in [2.05, 4.69) is 19.3 Å². The molecule has 14 heavy (non-hydrogen) atoms. The Kier molecular flexibility index (Phi) is 4.45. The third-order valence-electron chi connectivity index (χ3n) is 2.60. The van der Waals surface area contributed by atoms with Crippen LogP contribution in [0.25, 0.3) is 0 Å². The number of rotatable bonds is 5. The molecule has 0 aliphatic carbocycles. The fourth-order valence-corrected chi connectivity index (χ4v) is 1.86. The highest BCUT2D eigenvalue weighted by molar-refractivity contribution is 6.28. The van der Waals surface area contributed by atoms with Crippen molar-refractivity contribution >= 4 is 11.6 Å². The van der Waals surface area contributed by atoms with Gasteiger partial charge in [-0.15, -0.1) is 0 Å². The van der Waals surface area contributed by atoms with Crippen molar-refractivity contribution in [2.24, 2.45) is 11.8 Å². The molecule has 0 bridgehead atoms. The van der Waals surface area contributed by atoms with Crippen molar-refractivity contribution in [3.05, 3.63) is 23.1 Å². The predicted octanol–water partition coefficient (Wildman–Crippen LogP) is 2.87. The van der Waals surface area contributed by atoms with Crippen LogP contribution in [-0.2, 0) is 0 Å². The number of nitrogens with two attached hydrogens (primary N) is 1. The topological polar surface area (TPSA) is 51.2 Å². The van der Waals surface area contributed by atoms with Gasteiger partial charge in [-0.1, -0.05) is 26.7 Å². The maximum Gasteiger partial charge on any atom is 0.193 e. The molecule has 0 spiro atoms. The summed E-state index contributed by atoms with van der Waals surface area (Å²) < 4.78 is 5.34. The summed E-state index contributed by atoms with van der Waals surface area (Å²) in [4.78, 5) is 0. The maximum absolute atomic E-state index is 5.72. The molecule has 1 atom stereocenters. The predicted molar refractivity (Wildman–Crippen MR) is 57.9 cm³/mol. The molecule has 0 aliphatic heterocycles. The first-order valence-electron chi connectivity index (χ1n) is 4.94. The van der Waals surface area contributed by atoms with Crippen LogP contribution in [0.2, 0.25) is 5.22 Å². The van der Waals surface area contributed by atoms with Gasteiger partial charge in [0.1, 0.15) is 5.76 Å². The normalized spacial score (nSPS) is 13.5. The van der Waals surface area contributed by atoms with Crippen LogP contribution in [-0.4, -0.2) is 0 Å². The van der Waals surface area contributed by atoms with Gasteiger partial charge in [-0.3, -0.25) is 5.84 Å². The zero-order valence-corrected chi connectivity index (χ0v) is 9.34. The molecular formula is C10H17ClN2O. The molecule has 0 saturated heterocycles. The van der Waals surface area contributed by atoms with Crippen molar-refractivity contribution in [3.8, 4) is 0 Å². The summed E-state index contributed by atoms with van der Waals surface area (Å²) in [6.07, 6.45) is 2.12. The average Bonchev–Trinajstić information content (AvgIpc) is 2.60. The molecule has 1 aromatic heterocycles. The zero-order chi connectivity index (χ0) is 10.6. The van der Waals surface area contributed by atoms with Crippen molar-refractivity contribution in [2.45, 2.75) is 32.7 Å². The van der Waals surface area contributed by atoms with E-state index in [1.54, 1.807) is 6.07 Å². The summed E-state index contributed by atoms with van der Waals surface area (Å²) in [6, 6.07) is 3.66. The van der Waals surface area contributed by atoms with Gasteiger partial charge in [-0.2, -0.15) is 0 Å². The summed E-state index contributed by atoms with van der Waals surface area (Å²) in [5.74, 6) is 6.80. The SMILES string of the molecule is CCC(CC)C(NN)c1ccc(Cl)o1. The fourth-order valence-electron chi connectivity index (χ4n) is 1.71. The lowest BCUT2D eigenvalue weighted by atomic mass is 9.93. The van der Waals surface area contributed by atoms with Crippen LogP contribution in [0.4, 0.5) is 0 Å². The van der Waals surface area contributed by atoms with Gasteiger partial charge < -0.3 is 4.42 Å². The van der Waals surface area contributed by atoms with Crippen LogP contribution in [0.15, 0.2) is 16.5 Å². The second kappa shape index (κ2) is 5.39. The number of hydrazine groups is 1. The lowest BCUT2D eigenvalue weighted by molar-refractivity contribution is 0.298. The van der Waals surface area contributed by atoms with Gasteiger partial charge in [0.2, 0.25) is 0 Å². The lowest BCUT2D eigenvalue weighted by Crippen LogP contribution is -2.32. The minimum atomic E-state index is 0.0532. The van der Waals surface area contributed by atoms with Gasteiger partial charge in [0.25, 0.3) is 0 Å². The standard InChI is InChI=1S/C10H17ClN2O/c1-3-7(4-2)10(13-12)8-5-6-9(11)14-8/h5-7,10,13H,3-4,12H2,1-2H3. The van der Waals surface area contributed by atoms with E-state index in [0.717, 1.165) is 18.6 Å². The summed E-state index contributed by atoms with van der Waals surface area (Å²) in [5, 5.41) is 0.409. The highest BCUT2D eigenvalue weighted by atomic mass is 35.5. The largest absolute Gasteiger partial charge is 0.448 e. The summed E-state index contributed by atoms with van der Waals surface area (Å²) in [7, 11) is 0. The molecule has 4 heteroatoms. The smallest absolute Gasteiger partial charge is 0.193 e. The Labute approximate surface area is 89.6 Å². The molecule has 0 aromatic carbocycles. The molecule has 0 amide bonds. The van der Waals surface area contributed by atoms with Crippen molar-refractivity contribution in [1.82, 2.24) is 5.43 Å². The van der Waals surface area contributed by atoms with Crippen LogP contribution < -0.4 is 11.3 Å². The summed E-state index contributed by atoms with van der Waals surface area (Å²) >= 11 is 5.72. The van der Waals surface area contributed by atoms with Crippen LogP contribution in [0.5, 0.6) is 0 Å². The molecule has 0 saturated carbocycles. The molecule has 3 N–H and O–H groups in total. The van der Waals surface area contributed by atoms with E-state index in [4.69, 9.17) is 21.9 Å². The van der Waals surface area contributed by atoms with Crippen molar-refractivity contribution in [1.29, 1.82) is 0 Å². The summed E-state index contributed by atoms with van der Waals surface area (Å²) in [5.41, 5.74) is 2.78. The Morgan fingerprint density at radius 3 is 2.43 bits per heavy atom. The monoisotopic (exact) mass is 216 g/mol. The van der Waals surface area contributed by atoms with E-state index >= 15 is 0 Å². The van der Waals surface area contributed by atoms with Gasteiger partial charge in [0.15, 0.2) is 5.22 Å². The first kappa shape index (κ1) is 11.6. The molecule has 1 unspecified atom stereocenters. The van der Waals surface area contributed by atoms with Crippen LogP contribution in [0, 0.1) is 5.92 Å². The van der Waals surface area contributed by atoms with E-state index in [0.29, 0.717) is 11.1 Å². The van der Waals surface area contributed by atoms with E-state index in [1.807, 2.05) is 6.07 Å². The highest BCUT2D eigenvalue weighted by Gasteiger charge is 2.21. The Morgan fingerprint density at radius 2 is 2.07 bits per heavy atom. The number of furan rings is 1. The Bertz CT molecular complexity index is 271. The van der Waals surface area contributed by atoms with Crippen molar-refractivity contribution < 1.29 is 4.42 Å². The van der Waals surface area contributed by atoms with E-state index in [1.165, 1.54) is 0 Å². The van der Waals surface area contributed by atoms with Crippen LogP contribution in [0.3, 0.4) is 0 Å². The average molecular weight is 217 g/mol. The van der Waals surface area contributed by atoms with Crippen molar-refractivity contribution in [2.75, 3.05) is 0 Å². The molecule has 1 aromatic rings. The molecule has 3 nitrogen and oxygen atoms in total. The molecule has 0 radical (unpaired) electrons. The second-order valence-corrected chi connectivity index (χ2v) is 3.74. The highest BCUT2D eigenvalue weighted by Crippen LogP contribution is 2.29. The van der Waals surface area contributed by atoms with Gasteiger partial charge in [-0.25, -0.2) is 5.43 Å². The summed E-state index contributed by atoms with van der Waals surface area (Å²) in [6.45, 7) is 4.28. The number of hydrogen-bond acceptors (Lipinski definition) is 3. The zero-order valence-electron chi connectivity index (χ0n) is 8.59. The van der Waals surface area contributed by atoms with Gasteiger partial charge >= 0.3 is 0 Å². The number of nitrogens with one attached hydrogen (secondary N) is 1. The van der Waals surface area contributed by atoms with E-state index in [9.17, 15) is 0 Å². The molecule has 1 rings (SSSR count). The van der Waals surface area contributed by atoms with Gasteiger partial charge in [0.05, 0.1) is 6.04 Å². The molecule has 0 aliphatic rings. The van der Waals surface area contributed by atoms with E-state index in [-0.39, 0.29) is 6.04 Å². The first-order chi connectivity index (χ1) is 6.72. The Balaban J connectivity index is 2.80. The molecule has 80 valence electrons. The first-order valence-corrected chi connectivity index (χ1v) is 5.32. The minimum absolute atomic E-state index is 0.0532. The van der Waals surface area contributed by atoms with Crippen molar-refractivity contribution in [3.63, 3.8) is 0 Å². The number of hydrogen-bond donors (Lipinski definition) is 2. The Hall–Kier alpha value is -0.510. The van der Waals surface area contributed by atoms with Crippen LogP contribution in [0.1, 0.15) is 38.5 Å². The molecule has 1 heterocycles. The quantitative estimate of drug-likeness (QED) is 0.588. The van der Waals surface area contributed by atoms with Gasteiger partial charge in [0, 0.05) is 0 Å².